The highest BCUT2D eigenvalue weighted by molar-refractivity contribution is 6.99. The molecule has 39 heavy (non-hydrogen) atoms. The Morgan fingerprint density at radius 2 is 1.95 bits per heavy atom. The molecule has 1 aromatic carbocycles. The Balaban J connectivity index is 0.00000170. The molecule has 3 rings (SSSR count). The zero-order chi connectivity index (χ0) is 28.7. The molecule has 2 atom stereocenters. The van der Waals surface area contributed by atoms with Crippen LogP contribution in [0.2, 0.25) is 0 Å². The van der Waals surface area contributed by atoms with E-state index in [-0.39, 0.29) is 31.1 Å². The van der Waals surface area contributed by atoms with Gasteiger partial charge in [-0.3, -0.25) is 18.9 Å². The first kappa shape index (κ1) is 31.9. The van der Waals surface area contributed by atoms with Crippen LogP contribution in [0, 0.1) is 0 Å². The number of carbonyl (C=O) groups is 3. The van der Waals surface area contributed by atoms with E-state index >= 15 is 0 Å². The van der Waals surface area contributed by atoms with Crippen LogP contribution in [0.3, 0.4) is 0 Å². The summed E-state index contributed by atoms with van der Waals surface area (Å²) in [5.41, 5.74) is 2.69. The summed E-state index contributed by atoms with van der Waals surface area (Å²) in [4.78, 5) is 32.4. The number of carboxylic acid groups (broad SMARTS) is 1. The standard InChI is InChI=1S/C27H38N3O5S.CH2O2/c1-5-6-7-10-18-33-27-26(28-36-29-27)23-13-11-17-30(4,19-23)20(2)34-25(32)16-15-22-12-8-9-14-24(22)35-21(3)31;2-1-3/h8-9,12-14,20H,5-7,10-11,15-19H2,1-4H3;1H,(H,2,3)/q+1;. The lowest BCUT2D eigenvalue weighted by molar-refractivity contribution is -0.944. The molecule has 2 heterocycles. The van der Waals surface area contributed by atoms with Crippen molar-refractivity contribution in [3.63, 3.8) is 0 Å². The molecule has 10 nitrogen and oxygen atoms in total. The highest BCUT2D eigenvalue weighted by atomic mass is 32.1. The van der Waals surface area contributed by atoms with Crippen LogP contribution in [-0.2, 0) is 25.5 Å². The molecule has 0 spiro atoms. The molecule has 1 N–H and O–H groups in total. The minimum Gasteiger partial charge on any atom is -0.483 e. The maximum Gasteiger partial charge on any atom is 0.310 e. The second-order valence-electron chi connectivity index (χ2n) is 9.60. The van der Waals surface area contributed by atoms with Crippen LogP contribution in [0.5, 0.6) is 11.6 Å². The van der Waals surface area contributed by atoms with E-state index in [4.69, 9.17) is 24.1 Å². The van der Waals surface area contributed by atoms with Crippen molar-refractivity contribution in [2.24, 2.45) is 0 Å². The van der Waals surface area contributed by atoms with Crippen LogP contribution in [0.1, 0.15) is 70.6 Å². The van der Waals surface area contributed by atoms with Gasteiger partial charge in [0.1, 0.15) is 18.0 Å². The predicted molar refractivity (Wildman–Crippen MR) is 148 cm³/mol. The number of hydrogen-bond acceptors (Lipinski definition) is 9. The summed E-state index contributed by atoms with van der Waals surface area (Å²) in [6.07, 6.45) is 7.94. The number of carbonyl (C=O) groups excluding carboxylic acids is 2. The Bertz CT molecular complexity index is 1100. The van der Waals surface area contributed by atoms with Crippen LogP contribution in [0.15, 0.2) is 30.3 Å². The fourth-order valence-corrected chi connectivity index (χ4v) is 4.83. The maximum absolute atomic E-state index is 12.7. The Labute approximate surface area is 234 Å². The molecule has 1 aromatic heterocycles. The number of rotatable bonds is 13. The van der Waals surface area contributed by atoms with E-state index in [0.29, 0.717) is 35.7 Å². The molecule has 0 saturated heterocycles. The monoisotopic (exact) mass is 562 g/mol. The van der Waals surface area contributed by atoms with Gasteiger partial charge in [-0.15, -0.1) is 4.37 Å². The molecule has 11 heteroatoms. The van der Waals surface area contributed by atoms with Crippen molar-refractivity contribution in [1.82, 2.24) is 8.75 Å². The molecule has 2 aromatic rings. The number of aromatic nitrogens is 2. The van der Waals surface area contributed by atoms with E-state index in [1.165, 1.54) is 31.5 Å². The molecule has 0 bridgehead atoms. The first-order chi connectivity index (χ1) is 18.7. The third-order valence-corrected chi connectivity index (χ3v) is 7.08. The minimum atomic E-state index is -0.384. The van der Waals surface area contributed by atoms with Crippen molar-refractivity contribution in [3.05, 3.63) is 41.6 Å². The smallest absolute Gasteiger partial charge is 0.310 e. The Morgan fingerprint density at radius 1 is 1.21 bits per heavy atom. The number of nitrogens with zero attached hydrogens (tertiary/aromatic N) is 3. The summed E-state index contributed by atoms with van der Waals surface area (Å²) in [5, 5.41) is 6.89. The topological polar surface area (TPSA) is 125 Å². The van der Waals surface area contributed by atoms with Gasteiger partial charge < -0.3 is 19.3 Å². The molecule has 2 unspecified atom stereocenters. The molecule has 0 fully saturated rings. The number of benzene rings is 1. The fraction of sp³-hybridized carbons (Fsp3) is 0.536. The van der Waals surface area contributed by atoms with Crippen LogP contribution in [-0.4, -0.2) is 69.7 Å². The maximum atomic E-state index is 12.7. The number of ether oxygens (including phenoxy) is 3. The van der Waals surface area contributed by atoms with Crippen molar-refractivity contribution < 1.29 is 38.2 Å². The van der Waals surface area contributed by atoms with E-state index in [0.717, 1.165) is 42.6 Å². The lowest BCUT2D eigenvalue weighted by atomic mass is 10.0. The summed E-state index contributed by atoms with van der Waals surface area (Å²) in [6, 6.07) is 7.25. The van der Waals surface area contributed by atoms with Crippen LogP contribution in [0.4, 0.5) is 0 Å². The first-order valence-electron chi connectivity index (χ1n) is 13.3. The van der Waals surface area contributed by atoms with E-state index in [1.54, 1.807) is 12.1 Å². The molecular formula is C28H40N3O7S+. The van der Waals surface area contributed by atoms with E-state index < -0.39 is 0 Å². The number of quaternary nitrogens is 1. The molecule has 0 amide bonds. The van der Waals surface area contributed by atoms with Crippen molar-refractivity contribution in [2.75, 3.05) is 26.7 Å². The zero-order valence-electron chi connectivity index (χ0n) is 23.3. The highest BCUT2D eigenvalue weighted by Gasteiger charge is 2.36. The quantitative estimate of drug-likeness (QED) is 0.120. The highest BCUT2D eigenvalue weighted by Crippen LogP contribution is 2.32. The Kier molecular flexibility index (Phi) is 13.6. The van der Waals surface area contributed by atoms with Gasteiger partial charge in [0.25, 0.3) is 12.4 Å². The second-order valence-corrected chi connectivity index (χ2v) is 10.1. The van der Waals surface area contributed by atoms with Crippen molar-refractivity contribution in [3.8, 4) is 11.6 Å². The molecule has 214 valence electrons. The van der Waals surface area contributed by atoms with Crippen LogP contribution >= 0.6 is 11.7 Å². The average molecular weight is 563 g/mol. The Morgan fingerprint density at radius 3 is 2.67 bits per heavy atom. The first-order valence-corrected chi connectivity index (χ1v) is 14.0. The molecule has 1 aliphatic heterocycles. The van der Waals surface area contributed by atoms with E-state index in [2.05, 4.69) is 28.8 Å². The van der Waals surface area contributed by atoms with E-state index in [1.807, 2.05) is 19.1 Å². The second kappa shape index (κ2) is 16.6. The summed E-state index contributed by atoms with van der Waals surface area (Å²) in [6.45, 7) is 7.43. The fourth-order valence-electron chi connectivity index (χ4n) is 4.30. The summed E-state index contributed by atoms with van der Waals surface area (Å²) in [5.74, 6) is 0.426. The van der Waals surface area contributed by atoms with Gasteiger partial charge in [0.15, 0.2) is 0 Å². The van der Waals surface area contributed by atoms with Crippen molar-refractivity contribution in [1.29, 1.82) is 0 Å². The van der Waals surface area contributed by atoms with E-state index in [9.17, 15) is 9.59 Å². The van der Waals surface area contributed by atoms with Gasteiger partial charge in [0.05, 0.1) is 31.9 Å². The molecule has 0 saturated carbocycles. The predicted octanol–water partition coefficient (Wildman–Crippen LogP) is 4.88. The largest absolute Gasteiger partial charge is 0.483 e. The molecular weight excluding hydrogens is 522 g/mol. The van der Waals surface area contributed by atoms with Crippen LogP contribution in [0.25, 0.3) is 5.57 Å². The van der Waals surface area contributed by atoms with Crippen molar-refractivity contribution >= 4 is 35.7 Å². The molecule has 0 aliphatic carbocycles. The summed E-state index contributed by atoms with van der Waals surface area (Å²) < 4.78 is 26.5. The zero-order valence-corrected chi connectivity index (χ0v) is 24.1. The van der Waals surface area contributed by atoms with Crippen LogP contribution < -0.4 is 9.47 Å². The number of esters is 2. The normalized spacial score (nSPS) is 17.2. The number of hydrogen-bond donors (Lipinski definition) is 1. The minimum absolute atomic E-state index is 0.206. The lowest BCUT2D eigenvalue weighted by Gasteiger charge is -2.41. The van der Waals surface area contributed by atoms with Gasteiger partial charge >= 0.3 is 11.9 Å². The van der Waals surface area contributed by atoms with Gasteiger partial charge in [-0.1, -0.05) is 50.5 Å². The van der Waals surface area contributed by atoms with Gasteiger partial charge in [-0.2, -0.15) is 4.37 Å². The Hall–Kier alpha value is -3.31. The third kappa shape index (κ3) is 10.4. The molecule has 1 aliphatic rings. The number of unbranched alkanes of at least 4 members (excludes halogenated alkanes) is 3. The van der Waals surface area contributed by atoms with Gasteiger partial charge in [0.2, 0.25) is 6.23 Å². The third-order valence-electron chi connectivity index (χ3n) is 6.57. The SMILES string of the molecule is CCCCCCOc1nsnc1C1=CCC[N+](C)(C(C)OC(=O)CCc2ccccc2OC(C)=O)C1.O=CO. The van der Waals surface area contributed by atoms with Gasteiger partial charge in [0, 0.05) is 32.3 Å². The molecule has 0 radical (unpaired) electrons. The summed E-state index contributed by atoms with van der Waals surface area (Å²) in [7, 11) is 2.10. The average Bonchev–Trinajstić information content (AvgIpc) is 3.37. The van der Waals surface area contributed by atoms with Gasteiger partial charge in [-0.25, -0.2) is 0 Å². The summed E-state index contributed by atoms with van der Waals surface area (Å²) >= 11 is 1.17. The van der Waals surface area contributed by atoms with Crippen molar-refractivity contribution in [2.45, 2.75) is 71.9 Å². The van der Waals surface area contributed by atoms with Gasteiger partial charge in [-0.05, 0) is 24.5 Å². The number of aryl methyl sites for hydroxylation is 1. The number of para-hydroxylation sites is 1. The number of likely N-dealkylation sites (N-methyl/N-ethyl adjacent to an activating group) is 1. The lowest BCUT2D eigenvalue weighted by Crippen LogP contribution is -2.55.